The van der Waals surface area contributed by atoms with Crippen LogP contribution in [0.1, 0.15) is 31.2 Å². The van der Waals surface area contributed by atoms with Crippen LogP contribution in [0.25, 0.3) is 0 Å². The lowest BCUT2D eigenvalue weighted by atomic mass is 10.2. The highest BCUT2D eigenvalue weighted by Crippen LogP contribution is 2.11. The predicted molar refractivity (Wildman–Crippen MR) is 74.1 cm³/mol. The topological polar surface area (TPSA) is 122 Å². The van der Waals surface area contributed by atoms with E-state index in [0.717, 1.165) is 6.20 Å². The van der Waals surface area contributed by atoms with E-state index in [4.69, 9.17) is 10.8 Å². The Morgan fingerprint density at radius 2 is 1.62 bits per heavy atom. The van der Waals surface area contributed by atoms with Crippen molar-refractivity contribution in [2.75, 3.05) is 5.32 Å². The van der Waals surface area contributed by atoms with Crippen molar-refractivity contribution in [3.63, 3.8) is 0 Å². The lowest BCUT2D eigenvalue weighted by Gasteiger charge is -2.05. The molecule has 2 amide bonds. The fourth-order valence-electron chi connectivity index (χ4n) is 1.57. The summed E-state index contributed by atoms with van der Waals surface area (Å²) in [5.74, 6) is -2.16. The summed E-state index contributed by atoms with van der Waals surface area (Å²) in [5, 5.41) is 11.3. The van der Waals surface area contributed by atoms with Gasteiger partial charge in [-0.25, -0.2) is 4.79 Å². The van der Waals surface area contributed by atoms with Crippen molar-refractivity contribution >= 4 is 23.5 Å². The monoisotopic (exact) mass is 285 g/mol. The molecule has 0 aliphatic carbocycles. The lowest BCUT2D eigenvalue weighted by molar-refractivity contribution is 0.0695. The molecular weight excluding hydrogens is 274 g/mol. The average Bonchev–Trinajstić information content (AvgIpc) is 2.47. The molecule has 0 saturated heterocycles. The number of pyridine rings is 1. The minimum absolute atomic E-state index is 0.00244. The number of carboxylic acids is 1. The Hall–Kier alpha value is -3.22. The third-order valence-corrected chi connectivity index (χ3v) is 2.67. The molecule has 21 heavy (non-hydrogen) atoms. The maximum absolute atomic E-state index is 11.9. The van der Waals surface area contributed by atoms with Gasteiger partial charge in [0.1, 0.15) is 5.69 Å². The van der Waals surface area contributed by atoms with Crippen LogP contribution in [0.5, 0.6) is 0 Å². The molecule has 0 aliphatic heterocycles. The van der Waals surface area contributed by atoms with E-state index in [0.29, 0.717) is 11.3 Å². The van der Waals surface area contributed by atoms with Crippen LogP contribution >= 0.6 is 0 Å². The minimum Gasteiger partial charge on any atom is -0.478 e. The summed E-state index contributed by atoms with van der Waals surface area (Å²) >= 11 is 0. The van der Waals surface area contributed by atoms with E-state index in [9.17, 15) is 14.4 Å². The summed E-state index contributed by atoms with van der Waals surface area (Å²) in [6.07, 6.45) is 1.10. The zero-order valence-corrected chi connectivity index (χ0v) is 10.7. The summed E-state index contributed by atoms with van der Waals surface area (Å²) in [5.41, 5.74) is 5.99. The zero-order valence-electron chi connectivity index (χ0n) is 10.7. The number of primary amides is 1. The van der Waals surface area contributed by atoms with Gasteiger partial charge in [-0.1, -0.05) is 0 Å². The fraction of sp³-hybridized carbons (Fsp3) is 0. The molecule has 0 unspecified atom stereocenters. The summed E-state index contributed by atoms with van der Waals surface area (Å²) in [6.45, 7) is 0. The number of nitrogens with one attached hydrogen (secondary N) is 1. The summed E-state index contributed by atoms with van der Waals surface area (Å²) in [4.78, 5) is 37.3. The van der Waals surface area contributed by atoms with Crippen molar-refractivity contribution in [1.82, 2.24) is 4.98 Å². The number of hydrogen-bond donors (Lipinski definition) is 3. The van der Waals surface area contributed by atoms with Crippen LogP contribution in [-0.2, 0) is 0 Å². The molecule has 1 heterocycles. The Labute approximate surface area is 119 Å². The Bertz CT molecular complexity index is 693. The molecule has 0 radical (unpaired) electrons. The Morgan fingerprint density at radius 3 is 2.10 bits per heavy atom. The smallest absolute Gasteiger partial charge is 0.337 e. The van der Waals surface area contributed by atoms with E-state index in [2.05, 4.69) is 10.3 Å². The maximum Gasteiger partial charge on any atom is 0.337 e. The van der Waals surface area contributed by atoms with Crippen LogP contribution in [0.2, 0.25) is 0 Å². The average molecular weight is 285 g/mol. The first-order chi connectivity index (χ1) is 9.97. The van der Waals surface area contributed by atoms with E-state index in [1.807, 2.05) is 0 Å². The first-order valence-electron chi connectivity index (χ1n) is 5.88. The van der Waals surface area contributed by atoms with Crippen LogP contribution in [0.15, 0.2) is 42.6 Å². The highest BCUT2D eigenvalue weighted by molar-refractivity contribution is 6.03. The van der Waals surface area contributed by atoms with Crippen molar-refractivity contribution in [3.8, 4) is 0 Å². The number of rotatable bonds is 4. The van der Waals surface area contributed by atoms with Crippen LogP contribution in [0, 0.1) is 0 Å². The van der Waals surface area contributed by atoms with Crippen LogP contribution in [0.3, 0.4) is 0 Å². The normalized spacial score (nSPS) is 9.90. The number of benzene rings is 1. The van der Waals surface area contributed by atoms with Crippen molar-refractivity contribution in [1.29, 1.82) is 0 Å². The molecule has 2 rings (SSSR count). The molecule has 1 aromatic carbocycles. The molecule has 7 nitrogen and oxygen atoms in total. The second kappa shape index (κ2) is 5.83. The second-order valence-electron chi connectivity index (χ2n) is 4.13. The van der Waals surface area contributed by atoms with Crippen LogP contribution in [-0.4, -0.2) is 27.9 Å². The molecule has 1 aromatic heterocycles. The van der Waals surface area contributed by atoms with Gasteiger partial charge in [0.2, 0.25) is 5.91 Å². The van der Waals surface area contributed by atoms with Crippen molar-refractivity contribution in [2.45, 2.75) is 0 Å². The standard InChI is InChI=1S/C14H11N3O4/c15-12(18)8-1-4-10(5-2-8)17-13(19)11-6-3-9(7-16-11)14(20)21/h1-7H,(H2,15,18)(H,17,19)(H,20,21). The van der Waals surface area contributed by atoms with Crippen molar-refractivity contribution in [2.24, 2.45) is 5.73 Å². The maximum atomic E-state index is 11.9. The van der Waals surface area contributed by atoms with Gasteiger partial charge in [-0.3, -0.25) is 14.6 Å². The Morgan fingerprint density at radius 1 is 1.00 bits per heavy atom. The fourth-order valence-corrected chi connectivity index (χ4v) is 1.57. The Balaban J connectivity index is 2.10. The van der Waals surface area contributed by atoms with Crippen molar-refractivity contribution < 1.29 is 19.5 Å². The first kappa shape index (κ1) is 14.2. The van der Waals surface area contributed by atoms with Gasteiger partial charge in [-0.05, 0) is 36.4 Å². The molecule has 0 aliphatic rings. The molecule has 4 N–H and O–H groups in total. The number of nitrogens with two attached hydrogens (primary N) is 1. The molecule has 0 fully saturated rings. The summed E-state index contributed by atoms with van der Waals surface area (Å²) < 4.78 is 0. The number of aromatic nitrogens is 1. The van der Waals surface area contributed by atoms with Crippen LogP contribution in [0.4, 0.5) is 5.69 Å². The second-order valence-corrected chi connectivity index (χ2v) is 4.13. The van der Waals surface area contributed by atoms with E-state index in [-0.39, 0.29) is 11.3 Å². The zero-order chi connectivity index (χ0) is 15.4. The van der Waals surface area contributed by atoms with Gasteiger partial charge < -0.3 is 16.2 Å². The molecule has 0 atom stereocenters. The number of carbonyl (C=O) groups is 3. The lowest BCUT2D eigenvalue weighted by Crippen LogP contribution is -2.15. The third kappa shape index (κ3) is 3.41. The van der Waals surface area contributed by atoms with E-state index in [1.165, 1.54) is 36.4 Å². The number of hydrogen-bond acceptors (Lipinski definition) is 4. The van der Waals surface area contributed by atoms with Crippen LogP contribution < -0.4 is 11.1 Å². The summed E-state index contributed by atoms with van der Waals surface area (Å²) in [6, 6.07) is 8.64. The molecule has 0 saturated carbocycles. The highest BCUT2D eigenvalue weighted by Gasteiger charge is 2.10. The van der Waals surface area contributed by atoms with E-state index < -0.39 is 17.8 Å². The quantitative estimate of drug-likeness (QED) is 0.777. The van der Waals surface area contributed by atoms with Gasteiger partial charge in [0, 0.05) is 17.4 Å². The number of carboxylic acid groups (broad SMARTS) is 1. The van der Waals surface area contributed by atoms with Gasteiger partial charge in [0.05, 0.1) is 5.56 Å². The van der Waals surface area contributed by atoms with E-state index >= 15 is 0 Å². The molecule has 0 bridgehead atoms. The molecule has 7 heteroatoms. The number of aromatic carboxylic acids is 1. The largest absolute Gasteiger partial charge is 0.478 e. The van der Waals surface area contributed by atoms with Gasteiger partial charge in [0.25, 0.3) is 5.91 Å². The highest BCUT2D eigenvalue weighted by atomic mass is 16.4. The molecule has 106 valence electrons. The first-order valence-corrected chi connectivity index (χ1v) is 5.88. The SMILES string of the molecule is NC(=O)c1ccc(NC(=O)c2ccc(C(=O)O)cn2)cc1. The Kier molecular flexibility index (Phi) is 3.94. The van der Waals surface area contributed by atoms with Gasteiger partial charge >= 0.3 is 5.97 Å². The van der Waals surface area contributed by atoms with Crippen molar-refractivity contribution in [3.05, 3.63) is 59.4 Å². The number of amides is 2. The van der Waals surface area contributed by atoms with E-state index in [1.54, 1.807) is 0 Å². The summed E-state index contributed by atoms with van der Waals surface area (Å²) in [7, 11) is 0. The number of nitrogens with zero attached hydrogens (tertiary/aromatic N) is 1. The predicted octanol–water partition coefficient (Wildman–Crippen LogP) is 1.13. The molecular formula is C14H11N3O4. The number of anilines is 1. The number of carbonyl (C=O) groups excluding carboxylic acids is 2. The molecule has 0 spiro atoms. The van der Waals surface area contributed by atoms with Gasteiger partial charge in [-0.15, -0.1) is 0 Å². The molecule has 2 aromatic rings. The third-order valence-electron chi connectivity index (χ3n) is 2.67. The minimum atomic E-state index is -1.11. The van der Waals surface area contributed by atoms with Gasteiger partial charge in [-0.2, -0.15) is 0 Å². The van der Waals surface area contributed by atoms with Gasteiger partial charge in [0.15, 0.2) is 0 Å².